The van der Waals surface area contributed by atoms with Crippen LogP contribution in [0.3, 0.4) is 0 Å². The number of carbonyl (C=O) groups excluding carboxylic acids is 1. The number of amides is 2. The van der Waals surface area contributed by atoms with Crippen molar-refractivity contribution in [3.8, 4) is 0 Å². The van der Waals surface area contributed by atoms with E-state index in [0.29, 0.717) is 13.1 Å². The van der Waals surface area contributed by atoms with Gasteiger partial charge in [0, 0.05) is 18.8 Å². The molecule has 0 aliphatic carbocycles. The number of nitrogens with one attached hydrogen (secondary N) is 1. The summed E-state index contributed by atoms with van der Waals surface area (Å²) in [6.07, 6.45) is 0. The molecule has 0 saturated heterocycles. The van der Waals surface area contributed by atoms with Crippen molar-refractivity contribution in [3.63, 3.8) is 0 Å². The van der Waals surface area contributed by atoms with Gasteiger partial charge >= 0.3 is 18.0 Å². The van der Waals surface area contributed by atoms with Crippen molar-refractivity contribution >= 4 is 23.7 Å². The zero-order chi connectivity index (χ0) is 18.4. The Kier molecular flexibility index (Phi) is 5.73. The molecule has 2 aromatic rings. The molecule has 0 aromatic heterocycles. The van der Waals surface area contributed by atoms with E-state index in [0.717, 1.165) is 11.6 Å². The van der Waals surface area contributed by atoms with Gasteiger partial charge in [0.05, 0.1) is 11.1 Å². The van der Waals surface area contributed by atoms with Crippen LogP contribution in [0.1, 0.15) is 33.2 Å². The maximum Gasteiger partial charge on any atom is 0.335 e. The summed E-state index contributed by atoms with van der Waals surface area (Å²) in [5, 5.41) is 20.7. The molecule has 7 heteroatoms. The molecular formula is C18H18N2O5. The highest BCUT2D eigenvalue weighted by atomic mass is 16.4. The summed E-state index contributed by atoms with van der Waals surface area (Å²) in [6.45, 7) is 2.64. The molecule has 2 aromatic carbocycles. The number of hydrogen-bond acceptors (Lipinski definition) is 3. The van der Waals surface area contributed by atoms with E-state index in [1.165, 1.54) is 17.0 Å². The molecule has 0 heterocycles. The van der Waals surface area contributed by atoms with Crippen molar-refractivity contribution in [1.82, 2.24) is 4.90 Å². The van der Waals surface area contributed by atoms with Crippen molar-refractivity contribution < 1.29 is 24.6 Å². The number of anilines is 1. The molecule has 7 nitrogen and oxygen atoms in total. The maximum atomic E-state index is 12.4. The number of carboxylic acids is 2. The Morgan fingerprint density at radius 1 is 0.960 bits per heavy atom. The Balaban J connectivity index is 2.20. The predicted octanol–water partition coefficient (Wildman–Crippen LogP) is 3.14. The lowest BCUT2D eigenvalue weighted by Gasteiger charge is -2.21. The minimum atomic E-state index is -1.27. The molecule has 0 spiro atoms. The topological polar surface area (TPSA) is 107 Å². The number of carbonyl (C=O) groups is 3. The monoisotopic (exact) mass is 342 g/mol. The first-order chi connectivity index (χ1) is 11.9. The average Bonchev–Trinajstić information content (AvgIpc) is 2.60. The quantitative estimate of drug-likeness (QED) is 0.747. The molecule has 2 amide bonds. The summed E-state index contributed by atoms with van der Waals surface area (Å²) in [5.74, 6) is -2.54. The van der Waals surface area contributed by atoms with Crippen molar-refractivity contribution in [3.05, 3.63) is 65.2 Å². The number of benzene rings is 2. The van der Waals surface area contributed by atoms with Gasteiger partial charge in [0.1, 0.15) is 0 Å². The maximum absolute atomic E-state index is 12.4. The number of nitrogens with zero attached hydrogens (tertiary/aromatic N) is 1. The SMILES string of the molecule is CCN(Cc1ccccc1)C(=O)Nc1cc(C(=O)O)cc(C(=O)O)c1. The first kappa shape index (κ1) is 18.0. The van der Waals surface area contributed by atoms with Gasteiger partial charge in [-0.05, 0) is 30.7 Å². The van der Waals surface area contributed by atoms with Crippen LogP contribution in [0.2, 0.25) is 0 Å². The van der Waals surface area contributed by atoms with Crippen molar-refractivity contribution in [2.45, 2.75) is 13.5 Å². The van der Waals surface area contributed by atoms with E-state index >= 15 is 0 Å². The summed E-state index contributed by atoms with van der Waals surface area (Å²) < 4.78 is 0. The smallest absolute Gasteiger partial charge is 0.335 e. The number of aromatic carboxylic acids is 2. The third-order valence-electron chi connectivity index (χ3n) is 3.56. The molecule has 3 N–H and O–H groups in total. The van der Waals surface area contributed by atoms with Crippen LogP contribution >= 0.6 is 0 Å². The van der Waals surface area contributed by atoms with E-state index in [-0.39, 0.29) is 16.8 Å². The van der Waals surface area contributed by atoms with Gasteiger partial charge < -0.3 is 20.4 Å². The van der Waals surface area contributed by atoms with Crippen LogP contribution in [0.25, 0.3) is 0 Å². The van der Waals surface area contributed by atoms with Crippen molar-refractivity contribution in [2.75, 3.05) is 11.9 Å². The molecule has 0 unspecified atom stereocenters. The van der Waals surface area contributed by atoms with E-state index in [2.05, 4.69) is 5.32 Å². The number of urea groups is 1. The molecule has 0 saturated carbocycles. The normalized spacial score (nSPS) is 10.1. The highest BCUT2D eigenvalue weighted by Crippen LogP contribution is 2.17. The van der Waals surface area contributed by atoms with E-state index in [9.17, 15) is 14.4 Å². The molecule has 0 radical (unpaired) electrons. The van der Waals surface area contributed by atoms with Gasteiger partial charge in [0.2, 0.25) is 0 Å². The zero-order valence-electron chi connectivity index (χ0n) is 13.6. The van der Waals surface area contributed by atoms with Crippen LogP contribution in [-0.2, 0) is 6.54 Å². The standard InChI is InChI=1S/C18H18N2O5/c1-2-20(11-12-6-4-3-5-7-12)18(25)19-15-9-13(16(21)22)8-14(10-15)17(23)24/h3-10H,2,11H2,1H3,(H,19,25)(H,21,22)(H,23,24). The molecule has 25 heavy (non-hydrogen) atoms. The Hall–Kier alpha value is -3.35. The molecule has 2 rings (SSSR count). The fourth-order valence-electron chi connectivity index (χ4n) is 2.28. The predicted molar refractivity (Wildman–Crippen MR) is 91.9 cm³/mol. The van der Waals surface area contributed by atoms with Crippen LogP contribution in [0.4, 0.5) is 10.5 Å². The van der Waals surface area contributed by atoms with Crippen LogP contribution in [0.5, 0.6) is 0 Å². The molecule has 0 aliphatic heterocycles. The molecule has 0 fully saturated rings. The van der Waals surface area contributed by atoms with Gasteiger partial charge in [-0.2, -0.15) is 0 Å². The Morgan fingerprint density at radius 3 is 2.00 bits per heavy atom. The summed E-state index contributed by atoms with van der Waals surface area (Å²) in [7, 11) is 0. The van der Waals surface area contributed by atoms with Gasteiger partial charge in [-0.25, -0.2) is 14.4 Å². The minimum absolute atomic E-state index is 0.119. The highest BCUT2D eigenvalue weighted by molar-refractivity contribution is 5.98. The molecule has 0 atom stereocenters. The van der Waals surface area contributed by atoms with E-state index < -0.39 is 18.0 Å². The molecular weight excluding hydrogens is 324 g/mol. The molecule has 0 bridgehead atoms. The second-order valence-electron chi connectivity index (χ2n) is 5.34. The highest BCUT2D eigenvalue weighted by Gasteiger charge is 2.16. The third-order valence-corrected chi connectivity index (χ3v) is 3.56. The summed E-state index contributed by atoms with van der Waals surface area (Å²) in [5.41, 5.74) is 0.654. The average molecular weight is 342 g/mol. The minimum Gasteiger partial charge on any atom is -0.478 e. The van der Waals surface area contributed by atoms with Gasteiger partial charge in [0.25, 0.3) is 0 Å². The van der Waals surface area contributed by atoms with Crippen LogP contribution in [-0.4, -0.2) is 39.6 Å². The van der Waals surface area contributed by atoms with E-state index in [1.54, 1.807) is 0 Å². The Morgan fingerprint density at radius 2 is 1.52 bits per heavy atom. The largest absolute Gasteiger partial charge is 0.478 e. The fraction of sp³-hybridized carbons (Fsp3) is 0.167. The zero-order valence-corrected chi connectivity index (χ0v) is 13.6. The lowest BCUT2D eigenvalue weighted by Crippen LogP contribution is -2.34. The summed E-state index contributed by atoms with van der Waals surface area (Å²) in [4.78, 5) is 36.2. The van der Waals surface area contributed by atoms with Gasteiger partial charge in [-0.3, -0.25) is 0 Å². The van der Waals surface area contributed by atoms with Crippen molar-refractivity contribution in [1.29, 1.82) is 0 Å². The van der Waals surface area contributed by atoms with Crippen LogP contribution < -0.4 is 5.32 Å². The first-order valence-electron chi connectivity index (χ1n) is 7.62. The molecule has 130 valence electrons. The Labute approximate surface area is 144 Å². The van der Waals surface area contributed by atoms with Crippen LogP contribution in [0, 0.1) is 0 Å². The third kappa shape index (κ3) is 4.81. The molecule has 0 aliphatic rings. The lowest BCUT2D eigenvalue weighted by atomic mass is 10.1. The van der Waals surface area contributed by atoms with Gasteiger partial charge in [0.15, 0.2) is 0 Å². The van der Waals surface area contributed by atoms with Crippen molar-refractivity contribution in [2.24, 2.45) is 0 Å². The number of hydrogen-bond donors (Lipinski definition) is 3. The van der Waals surface area contributed by atoms with Crippen LogP contribution in [0.15, 0.2) is 48.5 Å². The fourth-order valence-corrected chi connectivity index (χ4v) is 2.28. The van der Waals surface area contributed by atoms with E-state index in [4.69, 9.17) is 10.2 Å². The second kappa shape index (κ2) is 7.96. The van der Waals surface area contributed by atoms with Gasteiger partial charge in [-0.15, -0.1) is 0 Å². The first-order valence-corrected chi connectivity index (χ1v) is 7.62. The lowest BCUT2D eigenvalue weighted by molar-refractivity contribution is 0.0696. The van der Waals surface area contributed by atoms with E-state index in [1.807, 2.05) is 37.3 Å². The number of carboxylic acid groups (broad SMARTS) is 2. The summed E-state index contributed by atoms with van der Waals surface area (Å²) in [6, 6.07) is 12.5. The number of rotatable bonds is 6. The second-order valence-corrected chi connectivity index (χ2v) is 5.34. The Bertz CT molecular complexity index is 757. The summed E-state index contributed by atoms with van der Waals surface area (Å²) >= 11 is 0. The van der Waals surface area contributed by atoms with Gasteiger partial charge in [-0.1, -0.05) is 30.3 Å².